The zero-order chi connectivity index (χ0) is 20.0. The summed E-state index contributed by atoms with van der Waals surface area (Å²) in [5.74, 6) is 0. The number of alkyl halides is 3. The Hall–Kier alpha value is -1.60. The normalized spacial score (nSPS) is 18.9. The predicted octanol–water partition coefficient (Wildman–Crippen LogP) is 5.18. The van der Waals surface area contributed by atoms with Crippen molar-refractivity contribution in [3.63, 3.8) is 0 Å². The molecule has 0 bridgehead atoms. The van der Waals surface area contributed by atoms with E-state index in [1.807, 2.05) is 0 Å². The lowest BCUT2D eigenvalue weighted by Gasteiger charge is -2.31. The minimum atomic E-state index is -5.04. The molecule has 3 nitrogen and oxygen atoms in total. The molecule has 0 saturated carbocycles. The van der Waals surface area contributed by atoms with E-state index in [1.165, 1.54) is 12.1 Å². The first-order chi connectivity index (χ1) is 12.5. The Morgan fingerprint density at radius 1 is 1.11 bits per heavy atom. The number of hydrogen-bond acceptors (Lipinski definition) is 3. The van der Waals surface area contributed by atoms with Gasteiger partial charge in [-0.2, -0.15) is 13.2 Å². The number of aryl methyl sites for hydroxylation is 1. The molecule has 1 aliphatic rings. The lowest BCUT2D eigenvalue weighted by molar-refractivity contribution is -0.263. The zero-order valence-electron chi connectivity index (χ0n) is 13.9. The smallest absolute Gasteiger partial charge is 0.388 e. The molecule has 2 aromatic carbocycles. The maximum absolute atomic E-state index is 13.7. The minimum absolute atomic E-state index is 0.0433. The highest BCUT2D eigenvalue weighted by Gasteiger charge is 2.55. The molecule has 8 heteroatoms. The van der Waals surface area contributed by atoms with E-state index in [2.05, 4.69) is 0 Å². The molecular formula is C19H16Cl2F3NO2. The molecule has 0 fully saturated rings. The maximum Gasteiger partial charge on any atom is 0.421 e. The van der Waals surface area contributed by atoms with Crippen LogP contribution < -0.4 is 0 Å². The van der Waals surface area contributed by atoms with Crippen molar-refractivity contribution in [2.24, 2.45) is 0 Å². The summed E-state index contributed by atoms with van der Waals surface area (Å²) in [6.45, 7) is 0. The van der Waals surface area contributed by atoms with Crippen LogP contribution in [-0.4, -0.2) is 22.1 Å². The Morgan fingerprint density at radius 2 is 1.74 bits per heavy atom. The van der Waals surface area contributed by atoms with Crippen LogP contribution in [-0.2, 0) is 12.0 Å². The number of benzene rings is 2. The van der Waals surface area contributed by atoms with Gasteiger partial charge in [-0.15, -0.1) is 0 Å². The summed E-state index contributed by atoms with van der Waals surface area (Å²) in [5, 5.41) is 28.4. The third-order valence-electron chi connectivity index (χ3n) is 4.78. The lowest BCUT2D eigenvalue weighted by atomic mass is 9.85. The molecule has 27 heavy (non-hydrogen) atoms. The molecule has 144 valence electrons. The minimum Gasteiger partial charge on any atom is -0.388 e. The molecule has 0 aromatic heterocycles. The highest BCUT2D eigenvalue weighted by Crippen LogP contribution is 2.44. The molecule has 0 saturated heterocycles. The van der Waals surface area contributed by atoms with Gasteiger partial charge in [0.05, 0.1) is 6.10 Å². The van der Waals surface area contributed by atoms with Crippen molar-refractivity contribution < 1.29 is 23.4 Å². The monoisotopic (exact) mass is 417 g/mol. The van der Waals surface area contributed by atoms with Crippen molar-refractivity contribution in [1.29, 1.82) is 5.41 Å². The average Bonchev–Trinajstić information content (AvgIpc) is 2.93. The van der Waals surface area contributed by atoms with E-state index in [-0.39, 0.29) is 21.3 Å². The van der Waals surface area contributed by atoms with E-state index in [0.29, 0.717) is 12.8 Å². The zero-order valence-corrected chi connectivity index (χ0v) is 15.5. The number of hydrogen-bond donors (Lipinski definition) is 3. The molecule has 3 rings (SSSR count). The standard InChI is InChI=1S/C19H16Cl2F3NO2/c20-13-6-12(7-14(21)8-13)18(27,19(22,23)24)9-16(25)11-1-3-15-10(5-11)2-4-17(15)26/h1,3,5-8,17,25-27H,2,4,9H2. The van der Waals surface area contributed by atoms with Gasteiger partial charge < -0.3 is 15.6 Å². The summed E-state index contributed by atoms with van der Waals surface area (Å²) in [4.78, 5) is 0. The first-order valence-electron chi connectivity index (χ1n) is 8.15. The van der Waals surface area contributed by atoms with Crippen molar-refractivity contribution in [3.8, 4) is 0 Å². The number of aliphatic hydroxyl groups is 2. The second-order valence-corrected chi connectivity index (χ2v) is 7.51. The molecular weight excluding hydrogens is 402 g/mol. The third kappa shape index (κ3) is 3.85. The van der Waals surface area contributed by atoms with E-state index < -0.39 is 29.9 Å². The van der Waals surface area contributed by atoms with Crippen LogP contribution in [0.2, 0.25) is 10.0 Å². The topological polar surface area (TPSA) is 64.3 Å². The fraction of sp³-hybridized carbons (Fsp3) is 0.316. The van der Waals surface area contributed by atoms with E-state index in [9.17, 15) is 23.4 Å². The third-order valence-corrected chi connectivity index (χ3v) is 5.22. The summed E-state index contributed by atoms with van der Waals surface area (Å²) in [7, 11) is 0. The van der Waals surface area contributed by atoms with Gasteiger partial charge in [-0.1, -0.05) is 35.3 Å². The van der Waals surface area contributed by atoms with Crippen molar-refractivity contribution >= 4 is 28.9 Å². The first-order valence-corrected chi connectivity index (χ1v) is 8.91. The summed E-state index contributed by atoms with van der Waals surface area (Å²) in [6.07, 6.45) is -5.50. The highest BCUT2D eigenvalue weighted by atomic mass is 35.5. The average molecular weight is 418 g/mol. The van der Waals surface area contributed by atoms with Gasteiger partial charge in [-0.3, -0.25) is 0 Å². The van der Waals surface area contributed by atoms with Gasteiger partial charge in [0.2, 0.25) is 0 Å². The highest BCUT2D eigenvalue weighted by molar-refractivity contribution is 6.34. The van der Waals surface area contributed by atoms with E-state index in [0.717, 1.165) is 23.3 Å². The van der Waals surface area contributed by atoms with E-state index in [4.69, 9.17) is 28.6 Å². The molecule has 0 amide bonds. The largest absolute Gasteiger partial charge is 0.421 e. The Balaban J connectivity index is 1.97. The summed E-state index contributed by atoms with van der Waals surface area (Å²) in [6, 6.07) is 7.94. The van der Waals surface area contributed by atoms with Crippen molar-refractivity contribution in [3.05, 3.63) is 68.7 Å². The van der Waals surface area contributed by atoms with E-state index >= 15 is 0 Å². The number of fused-ring (bicyclic) bond motifs is 1. The molecule has 0 radical (unpaired) electrons. The number of halogens is 5. The van der Waals surface area contributed by atoms with Crippen LogP contribution in [0.5, 0.6) is 0 Å². The van der Waals surface area contributed by atoms with Crippen LogP contribution in [0, 0.1) is 5.41 Å². The maximum atomic E-state index is 13.7. The second-order valence-electron chi connectivity index (χ2n) is 6.64. The van der Waals surface area contributed by atoms with Gasteiger partial charge in [0.25, 0.3) is 0 Å². The number of aliphatic hydroxyl groups excluding tert-OH is 1. The van der Waals surface area contributed by atoms with E-state index in [1.54, 1.807) is 12.1 Å². The van der Waals surface area contributed by atoms with Crippen molar-refractivity contribution in [2.75, 3.05) is 0 Å². The lowest BCUT2D eigenvalue weighted by Crippen LogP contribution is -2.44. The molecule has 2 aromatic rings. The summed E-state index contributed by atoms with van der Waals surface area (Å²) < 4.78 is 41.2. The fourth-order valence-corrected chi connectivity index (χ4v) is 3.83. The molecule has 0 heterocycles. The fourth-order valence-electron chi connectivity index (χ4n) is 3.30. The SMILES string of the molecule is N=C(CC(O)(c1cc(Cl)cc(Cl)c1)C(F)(F)F)c1ccc2c(c1)CCC2O. The molecule has 0 aliphatic heterocycles. The van der Waals surface area contributed by atoms with Crippen LogP contribution in [0.3, 0.4) is 0 Å². The van der Waals surface area contributed by atoms with Gasteiger partial charge >= 0.3 is 6.18 Å². The Labute approximate surface area is 163 Å². The van der Waals surface area contributed by atoms with Crippen LogP contribution in [0.25, 0.3) is 0 Å². The summed E-state index contributed by atoms with van der Waals surface area (Å²) in [5.41, 5.74) is -2.43. The van der Waals surface area contributed by atoms with Gasteiger partial charge in [0.1, 0.15) is 0 Å². The van der Waals surface area contributed by atoms with Crippen LogP contribution in [0.1, 0.15) is 41.2 Å². The second kappa shape index (κ2) is 7.09. The van der Waals surface area contributed by atoms with Crippen molar-refractivity contribution in [2.45, 2.75) is 37.1 Å². The Kier molecular flexibility index (Phi) is 5.29. The molecule has 0 spiro atoms. The summed E-state index contributed by atoms with van der Waals surface area (Å²) >= 11 is 11.6. The Morgan fingerprint density at radius 3 is 2.33 bits per heavy atom. The predicted molar refractivity (Wildman–Crippen MR) is 97.6 cm³/mol. The van der Waals surface area contributed by atoms with Gasteiger partial charge in [-0.05, 0) is 59.4 Å². The van der Waals surface area contributed by atoms with Gasteiger partial charge in [0, 0.05) is 22.2 Å². The van der Waals surface area contributed by atoms with Crippen LogP contribution in [0.15, 0.2) is 36.4 Å². The quantitative estimate of drug-likeness (QED) is 0.599. The number of rotatable bonds is 4. The van der Waals surface area contributed by atoms with Crippen LogP contribution in [0.4, 0.5) is 13.2 Å². The molecule has 3 N–H and O–H groups in total. The van der Waals surface area contributed by atoms with Gasteiger partial charge in [-0.25, -0.2) is 0 Å². The Bertz CT molecular complexity index is 881. The first kappa shape index (κ1) is 20.1. The van der Waals surface area contributed by atoms with Crippen LogP contribution >= 0.6 is 23.2 Å². The molecule has 2 unspecified atom stereocenters. The van der Waals surface area contributed by atoms with Crippen molar-refractivity contribution in [1.82, 2.24) is 0 Å². The molecule has 2 atom stereocenters. The molecule has 1 aliphatic carbocycles. The number of nitrogens with one attached hydrogen (secondary N) is 1. The van der Waals surface area contributed by atoms with Gasteiger partial charge in [0.15, 0.2) is 5.60 Å².